The van der Waals surface area contributed by atoms with E-state index in [4.69, 9.17) is 11.6 Å². The minimum atomic E-state index is -0.176. The van der Waals surface area contributed by atoms with Crippen LogP contribution in [0.1, 0.15) is 33.8 Å². The Morgan fingerprint density at radius 1 is 1.09 bits per heavy atom. The molecule has 1 aliphatic rings. The fourth-order valence-electron chi connectivity index (χ4n) is 3.54. The van der Waals surface area contributed by atoms with Gasteiger partial charge in [0.25, 0.3) is 5.91 Å². The van der Waals surface area contributed by atoms with Crippen molar-refractivity contribution in [1.29, 1.82) is 0 Å². The Kier molecular flexibility index (Phi) is 5.45. The van der Waals surface area contributed by atoms with E-state index in [1.807, 2.05) is 41.9 Å². The van der Waals surface area contributed by atoms with Crippen molar-refractivity contribution >= 4 is 56.3 Å². The number of aryl methyl sites for hydroxylation is 1. The molecular weight excluding hydrogens is 444 g/mol. The second-order valence-corrected chi connectivity index (χ2v) is 9.40. The van der Waals surface area contributed by atoms with Crippen LogP contribution in [0.4, 0.5) is 11.4 Å². The number of hydrogen-bond acceptors (Lipinski definition) is 4. The molecule has 2 heterocycles. The maximum atomic E-state index is 12.9. The Balaban J connectivity index is 1.31. The lowest BCUT2D eigenvalue weighted by atomic mass is 10.2. The van der Waals surface area contributed by atoms with Gasteiger partial charge >= 0.3 is 0 Å². The maximum Gasteiger partial charge on any atom is 0.265 e. The molecule has 0 bridgehead atoms. The van der Waals surface area contributed by atoms with Gasteiger partial charge in [-0.15, -0.1) is 11.3 Å². The van der Waals surface area contributed by atoms with Gasteiger partial charge in [0.15, 0.2) is 0 Å². The second-order valence-electron chi connectivity index (χ2n) is 7.96. The number of aromatic nitrogens is 2. The van der Waals surface area contributed by atoms with Crippen molar-refractivity contribution in [3.05, 3.63) is 75.8 Å². The van der Waals surface area contributed by atoms with E-state index >= 15 is 0 Å². The second kappa shape index (κ2) is 8.41. The third-order valence-corrected chi connectivity index (χ3v) is 6.98. The minimum Gasteiger partial charge on any atom is -0.326 e. The average Bonchev–Trinajstić information content (AvgIpc) is 3.47. The molecule has 4 aromatic rings. The first-order valence-electron chi connectivity index (χ1n) is 10.4. The van der Waals surface area contributed by atoms with E-state index in [9.17, 15) is 9.59 Å². The van der Waals surface area contributed by atoms with Crippen molar-refractivity contribution in [3.63, 3.8) is 0 Å². The maximum absolute atomic E-state index is 12.9. The van der Waals surface area contributed by atoms with Crippen molar-refractivity contribution in [2.24, 2.45) is 5.92 Å². The van der Waals surface area contributed by atoms with Gasteiger partial charge in [-0.2, -0.15) is 5.10 Å². The Morgan fingerprint density at radius 2 is 1.78 bits per heavy atom. The molecule has 1 aliphatic carbocycles. The average molecular weight is 465 g/mol. The van der Waals surface area contributed by atoms with Gasteiger partial charge in [-0.3, -0.25) is 14.3 Å². The van der Waals surface area contributed by atoms with Crippen LogP contribution in [0.25, 0.3) is 10.2 Å². The molecule has 32 heavy (non-hydrogen) atoms. The molecule has 2 aromatic carbocycles. The highest BCUT2D eigenvalue weighted by molar-refractivity contribution is 7.20. The number of nitrogens with zero attached hydrogens (tertiary/aromatic N) is 2. The largest absolute Gasteiger partial charge is 0.326 e. The summed E-state index contributed by atoms with van der Waals surface area (Å²) in [5.74, 6) is 0.0394. The quantitative estimate of drug-likeness (QED) is 0.383. The molecule has 0 radical (unpaired) electrons. The number of halogens is 1. The van der Waals surface area contributed by atoms with Crippen molar-refractivity contribution in [1.82, 2.24) is 9.78 Å². The van der Waals surface area contributed by atoms with Crippen molar-refractivity contribution < 1.29 is 9.59 Å². The van der Waals surface area contributed by atoms with Crippen LogP contribution >= 0.6 is 22.9 Å². The number of fused-ring (bicyclic) bond motifs is 1. The van der Waals surface area contributed by atoms with Crippen LogP contribution in [-0.2, 0) is 11.3 Å². The number of carbonyl (C=O) groups excluding carboxylic acids is 2. The zero-order valence-corrected chi connectivity index (χ0v) is 19.0. The van der Waals surface area contributed by atoms with Crippen LogP contribution in [0.5, 0.6) is 0 Å². The standard InChI is InChI=1S/C24H21ClN4O2S/c1-14-19-12-21(32-24(19)29(28-14)13-16-4-2-3-5-20(16)25)23(31)27-18-10-8-17(9-11-18)26-22(30)15-6-7-15/h2-5,8-12,15H,6-7,13H2,1H3,(H,26,30)(H,27,31). The van der Waals surface area contributed by atoms with Crippen LogP contribution < -0.4 is 10.6 Å². The third-order valence-electron chi connectivity index (χ3n) is 5.47. The lowest BCUT2D eigenvalue weighted by molar-refractivity contribution is -0.117. The van der Waals surface area contributed by atoms with Gasteiger partial charge in [0.05, 0.1) is 17.1 Å². The molecule has 162 valence electrons. The highest BCUT2D eigenvalue weighted by Crippen LogP contribution is 2.31. The Hall–Kier alpha value is -3.16. The molecule has 0 unspecified atom stereocenters. The van der Waals surface area contributed by atoms with E-state index in [-0.39, 0.29) is 17.7 Å². The van der Waals surface area contributed by atoms with E-state index < -0.39 is 0 Å². The fourth-order valence-corrected chi connectivity index (χ4v) is 4.79. The number of carbonyl (C=O) groups is 2. The van der Waals surface area contributed by atoms with E-state index in [1.54, 1.807) is 24.3 Å². The summed E-state index contributed by atoms with van der Waals surface area (Å²) in [6.45, 7) is 2.48. The summed E-state index contributed by atoms with van der Waals surface area (Å²) in [6, 6.07) is 16.7. The molecule has 0 aliphatic heterocycles. The molecule has 1 fully saturated rings. The molecule has 2 amide bonds. The molecule has 0 saturated heterocycles. The molecule has 2 N–H and O–H groups in total. The third kappa shape index (κ3) is 4.26. The molecule has 5 rings (SSSR count). The van der Waals surface area contributed by atoms with Gasteiger partial charge in [-0.05, 0) is 61.7 Å². The van der Waals surface area contributed by atoms with E-state index in [1.165, 1.54) is 11.3 Å². The summed E-state index contributed by atoms with van der Waals surface area (Å²) in [6.07, 6.45) is 1.93. The Morgan fingerprint density at radius 3 is 2.47 bits per heavy atom. The summed E-state index contributed by atoms with van der Waals surface area (Å²) in [7, 11) is 0. The number of amides is 2. The highest BCUT2D eigenvalue weighted by Gasteiger charge is 2.29. The lowest BCUT2D eigenvalue weighted by Crippen LogP contribution is -2.13. The predicted octanol–water partition coefficient (Wildman–Crippen LogP) is 5.71. The van der Waals surface area contributed by atoms with Crippen LogP contribution in [0.2, 0.25) is 5.02 Å². The number of hydrogen-bond donors (Lipinski definition) is 2. The Labute approximate surface area is 194 Å². The summed E-state index contributed by atoms with van der Waals surface area (Å²) in [5.41, 5.74) is 3.26. The first-order valence-corrected chi connectivity index (χ1v) is 11.6. The van der Waals surface area contributed by atoms with Gasteiger partial charge in [0.1, 0.15) is 4.83 Å². The van der Waals surface area contributed by atoms with E-state index in [2.05, 4.69) is 15.7 Å². The van der Waals surface area contributed by atoms with Gasteiger partial charge in [-0.1, -0.05) is 29.8 Å². The normalized spacial score (nSPS) is 13.3. The number of benzene rings is 2. The molecule has 2 aromatic heterocycles. The zero-order chi connectivity index (χ0) is 22.2. The van der Waals surface area contributed by atoms with Crippen molar-refractivity contribution in [2.75, 3.05) is 10.6 Å². The molecule has 8 heteroatoms. The van der Waals surface area contributed by atoms with Crippen LogP contribution in [0.15, 0.2) is 54.6 Å². The summed E-state index contributed by atoms with van der Waals surface area (Å²) in [4.78, 5) is 26.3. The number of anilines is 2. The van der Waals surface area contributed by atoms with Crippen molar-refractivity contribution in [2.45, 2.75) is 26.3 Å². The summed E-state index contributed by atoms with van der Waals surface area (Å²) >= 11 is 7.72. The van der Waals surface area contributed by atoms with Gasteiger partial charge in [0.2, 0.25) is 5.91 Å². The number of rotatable bonds is 6. The Bertz CT molecular complexity index is 1320. The van der Waals surface area contributed by atoms with Crippen LogP contribution in [0.3, 0.4) is 0 Å². The first kappa shape index (κ1) is 20.7. The summed E-state index contributed by atoms with van der Waals surface area (Å²) in [5, 5.41) is 12.1. The smallest absolute Gasteiger partial charge is 0.265 e. The zero-order valence-electron chi connectivity index (χ0n) is 17.4. The van der Waals surface area contributed by atoms with Crippen LogP contribution in [0, 0.1) is 12.8 Å². The highest BCUT2D eigenvalue weighted by atomic mass is 35.5. The predicted molar refractivity (Wildman–Crippen MR) is 129 cm³/mol. The van der Waals surface area contributed by atoms with Crippen LogP contribution in [-0.4, -0.2) is 21.6 Å². The fraction of sp³-hybridized carbons (Fsp3) is 0.208. The molecular formula is C24H21ClN4O2S. The lowest BCUT2D eigenvalue weighted by Gasteiger charge is -2.07. The van der Waals surface area contributed by atoms with Gasteiger partial charge in [-0.25, -0.2) is 0 Å². The minimum absolute atomic E-state index is 0.0632. The number of thiophene rings is 1. The monoisotopic (exact) mass is 464 g/mol. The summed E-state index contributed by atoms with van der Waals surface area (Å²) < 4.78 is 1.89. The van der Waals surface area contributed by atoms with Gasteiger partial charge in [0, 0.05) is 27.7 Å². The molecule has 0 spiro atoms. The molecule has 1 saturated carbocycles. The van der Waals surface area contributed by atoms with E-state index in [0.29, 0.717) is 22.1 Å². The number of nitrogens with one attached hydrogen (secondary N) is 2. The van der Waals surface area contributed by atoms with E-state index in [0.717, 1.165) is 40.0 Å². The molecule has 0 atom stereocenters. The molecule has 6 nitrogen and oxygen atoms in total. The topological polar surface area (TPSA) is 76.0 Å². The van der Waals surface area contributed by atoms with Crippen molar-refractivity contribution in [3.8, 4) is 0 Å². The van der Waals surface area contributed by atoms with Gasteiger partial charge < -0.3 is 10.6 Å². The SMILES string of the molecule is Cc1nn(Cc2ccccc2Cl)c2sc(C(=O)Nc3ccc(NC(=O)C4CC4)cc3)cc12. The first-order chi connectivity index (χ1) is 15.5.